The van der Waals surface area contributed by atoms with Crippen LogP contribution in [0, 0.1) is 6.92 Å². The molecule has 14 heavy (non-hydrogen) atoms. The average molecular weight is 190 g/mol. The molecule has 0 saturated carbocycles. The summed E-state index contributed by atoms with van der Waals surface area (Å²) in [5.41, 5.74) is 2.96. The van der Waals surface area contributed by atoms with Crippen molar-refractivity contribution in [1.29, 1.82) is 0 Å². The van der Waals surface area contributed by atoms with Gasteiger partial charge in [-0.2, -0.15) is 5.10 Å². The van der Waals surface area contributed by atoms with Gasteiger partial charge < -0.3 is 5.11 Å². The van der Waals surface area contributed by atoms with E-state index in [1.165, 1.54) is 0 Å². The van der Waals surface area contributed by atoms with Crippen LogP contribution in [0.5, 0.6) is 0 Å². The third-order valence-electron chi connectivity index (χ3n) is 2.04. The van der Waals surface area contributed by atoms with Crippen LogP contribution in [0.4, 0.5) is 0 Å². The van der Waals surface area contributed by atoms with Gasteiger partial charge in [-0.1, -0.05) is 0 Å². The Hall–Kier alpha value is -1.75. The number of nitrogens with one attached hydrogen (secondary N) is 1. The molecule has 2 rings (SSSR count). The molecule has 0 aliphatic heterocycles. The third-order valence-corrected chi connectivity index (χ3v) is 2.04. The van der Waals surface area contributed by atoms with E-state index >= 15 is 0 Å². The fourth-order valence-corrected chi connectivity index (χ4v) is 1.28. The van der Waals surface area contributed by atoms with Gasteiger partial charge >= 0.3 is 0 Å². The lowest BCUT2D eigenvalue weighted by molar-refractivity contribution is 0.281. The molecule has 0 aliphatic rings. The summed E-state index contributed by atoms with van der Waals surface area (Å²) < 4.78 is 0. The SMILES string of the molecule is Cc1[nH]nc(-c2cnccn2)c1CO. The maximum atomic E-state index is 9.14. The maximum Gasteiger partial charge on any atom is 0.118 e. The molecule has 0 amide bonds. The summed E-state index contributed by atoms with van der Waals surface area (Å²) >= 11 is 0. The van der Waals surface area contributed by atoms with Gasteiger partial charge in [0.25, 0.3) is 0 Å². The summed E-state index contributed by atoms with van der Waals surface area (Å²) in [6, 6.07) is 0. The maximum absolute atomic E-state index is 9.14. The topological polar surface area (TPSA) is 74.7 Å². The molecular formula is C9H10N4O. The minimum absolute atomic E-state index is 0.0474. The van der Waals surface area contributed by atoms with Gasteiger partial charge in [0.1, 0.15) is 11.4 Å². The molecule has 72 valence electrons. The molecule has 2 N–H and O–H groups in total. The highest BCUT2D eigenvalue weighted by Gasteiger charge is 2.11. The Bertz CT molecular complexity index is 424. The average Bonchev–Trinajstić information content (AvgIpc) is 2.61. The summed E-state index contributed by atoms with van der Waals surface area (Å²) in [5, 5.41) is 16.0. The Balaban J connectivity index is 2.52. The first-order chi connectivity index (χ1) is 6.83. The second kappa shape index (κ2) is 3.55. The number of H-pyrrole nitrogens is 1. The molecule has 2 heterocycles. The number of hydrogen-bond acceptors (Lipinski definition) is 4. The van der Waals surface area contributed by atoms with Crippen LogP contribution in [0.15, 0.2) is 18.6 Å². The zero-order valence-electron chi connectivity index (χ0n) is 7.73. The minimum Gasteiger partial charge on any atom is -0.392 e. The van der Waals surface area contributed by atoms with E-state index in [4.69, 9.17) is 5.11 Å². The second-order valence-corrected chi connectivity index (χ2v) is 2.92. The first kappa shape index (κ1) is 8.83. The lowest BCUT2D eigenvalue weighted by atomic mass is 10.1. The van der Waals surface area contributed by atoms with Gasteiger partial charge in [0.05, 0.1) is 12.8 Å². The van der Waals surface area contributed by atoms with Crippen LogP contribution in [0.1, 0.15) is 11.3 Å². The van der Waals surface area contributed by atoms with E-state index < -0.39 is 0 Å². The van der Waals surface area contributed by atoms with Crippen molar-refractivity contribution in [3.05, 3.63) is 29.8 Å². The number of hydrogen-bond donors (Lipinski definition) is 2. The van der Waals surface area contributed by atoms with Gasteiger partial charge in [-0.3, -0.25) is 15.1 Å². The van der Waals surface area contributed by atoms with Crippen molar-refractivity contribution in [1.82, 2.24) is 20.2 Å². The van der Waals surface area contributed by atoms with Crippen molar-refractivity contribution in [2.24, 2.45) is 0 Å². The molecule has 0 bridgehead atoms. The van der Waals surface area contributed by atoms with E-state index in [0.29, 0.717) is 11.4 Å². The summed E-state index contributed by atoms with van der Waals surface area (Å²) in [6.45, 7) is 1.81. The van der Waals surface area contributed by atoms with Crippen molar-refractivity contribution in [2.45, 2.75) is 13.5 Å². The van der Waals surface area contributed by atoms with Crippen molar-refractivity contribution in [3.63, 3.8) is 0 Å². The van der Waals surface area contributed by atoms with Crippen LogP contribution in [-0.4, -0.2) is 25.3 Å². The van der Waals surface area contributed by atoms with Crippen LogP contribution in [0.3, 0.4) is 0 Å². The molecule has 0 saturated heterocycles. The second-order valence-electron chi connectivity index (χ2n) is 2.92. The first-order valence-corrected chi connectivity index (χ1v) is 4.24. The molecule has 2 aromatic heterocycles. The fourth-order valence-electron chi connectivity index (χ4n) is 1.28. The lowest BCUT2D eigenvalue weighted by Crippen LogP contribution is -1.90. The van der Waals surface area contributed by atoms with Crippen molar-refractivity contribution < 1.29 is 5.11 Å². The zero-order valence-corrected chi connectivity index (χ0v) is 7.73. The van der Waals surface area contributed by atoms with Gasteiger partial charge in [-0.05, 0) is 6.92 Å². The lowest BCUT2D eigenvalue weighted by Gasteiger charge is -1.97. The number of aromatic amines is 1. The summed E-state index contributed by atoms with van der Waals surface area (Å²) in [4.78, 5) is 8.06. The van der Waals surface area contributed by atoms with Gasteiger partial charge in [-0.25, -0.2) is 0 Å². The van der Waals surface area contributed by atoms with E-state index in [1.54, 1.807) is 18.6 Å². The van der Waals surface area contributed by atoms with Crippen molar-refractivity contribution >= 4 is 0 Å². The molecule has 0 aromatic carbocycles. The smallest absolute Gasteiger partial charge is 0.118 e. The minimum atomic E-state index is -0.0474. The van der Waals surface area contributed by atoms with Gasteiger partial charge in [0, 0.05) is 23.7 Å². The number of rotatable bonds is 2. The molecular weight excluding hydrogens is 180 g/mol. The molecule has 0 unspecified atom stereocenters. The Morgan fingerprint density at radius 2 is 2.29 bits per heavy atom. The summed E-state index contributed by atoms with van der Waals surface area (Å²) in [5.74, 6) is 0. The highest BCUT2D eigenvalue weighted by molar-refractivity contribution is 5.58. The number of aromatic nitrogens is 4. The predicted octanol–water partition coefficient (Wildman–Crippen LogP) is 0.667. The molecule has 2 aromatic rings. The molecule has 0 radical (unpaired) electrons. The van der Waals surface area contributed by atoms with Crippen LogP contribution in [-0.2, 0) is 6.61 Å². The molecule has 5 heteroatoms. The molecule has 0 spiro atoms. The van der Waals surface area contributed by atoms with E-state index in [2.05, 4.69) is 20.2 Å². The Kier molecular flexibility index (Phi) is 2.24. The van der Waals surface area contributed by atoms with Crippen LogP contribution in [0.25, 0.3) is 11.4 Å². The van der Waals surface area contributed by atoms with Crippen molar-refractivity contribution in [2.75, 3.05) is 0 Å². The molecule has 0 fully saturated rings. The Morgan fingerprint density at radius 1 is 1.43 bits per heavy atom. The highest BCUT2D eigenvalue weighted by atomic mass is 16.3. The van der Waals surface area contributed by atoms with E-state index in [9.17, 15) is 0 Å². The number of nitrogens with zero attached hydrogens (tertiary/aromatic N) is 3. The standard InChI is InChI=1S/C9H10N4O/c1-6-7(5-14)9(13-12-6)8-4-10-2-3-11-8/h2-4,14H,5H2,1H3,(H,12,13). The zero-order chi connectivity index (χ0) is 9.97. The van der Waals surface area contributed by atoms with Gasteiger partial charge in [-0.15, -0.1) is 0 Å². The number of aliphatic hydroxyl groups excluding tert-OH is 1. The van der Waals surface area contributed by atoms with Crippen molar-refractivity contribution in [3.8, 4) is 11.4 Å². The molecule has 0 atom stereocenters. The summed E-state index contributed by atoms with van der Waals surface area (Å²) in [7, 11) is 0. The highest BCUT2D eigenvalue weighted by Crippen LogP contribution is 2.20. The van der Waals surface area contributed by atoms with Crippen LogP contribution in [0.2, 0.25) is 0 Å². The monoisotopic (exact) mass is 190 g/mol. The number of aliphatic hydroxyl groups is 1. The third kappa shape index (κ3) is 1.38. The van der Waals surface area contributed by atoms with Gasteiger partial charge in [0.2, 0.25) is 0 Å². The van der Waals surface area contributed by atoms with Gasteiger partial charge in [0.15, 0.2) is 0 Å². The predicted molar refractivity (Wildman–Crippen MR) is 50.3 cm³/mol. The molecule has 0 aliphatic carbocycles. The quantitative estimate of drug-likeness (QED) is 0.729. The first-order valence-electron chi connectivity index (χ1n) is 4.24. The molecule has 5 nitrogen and oxygen atoms in total. The largest absolute Gasteiger partial charge is 0.392 e. The van der Waals surface area contributed by atoms with E-state index in [1.807, 2.05) is 6.92 Å². The van der Waals surface area contributed by atoms with Crippen LogP contribution < -0.4 is 0 Å². The number of aryl methyl sites for hydroxylation is 1. The van der Waals surface area contributed by atoms with E-state index in [0.717, 1.165) is 11.3 Å². The Labute approximate surface area is 80.8 Å². The van der Waals surface area contributed by atoms with Crippen LogP contribution >= 0.6 is 0 Å². The van der Waals surface area contributed by atoms with E-state index in [-0.39, 0.29) is 6.61 Å². The summed E-state index contributed by atoms with van der Waals surface area (Å²) in [6.07, 6.45) is 4.82. The Morgan fingerprint density at radius 3 is 2.93 bits per heavy atom. The fraction of sp³-hybridized carbons (Fsp3) is 0.222. The normalized spacial score (nSPS) is 10.4.